The molecule has 1 aliphatic rings. The van der Waals surface area contributed by atoms with Crippen molar-refractivity contribution in [3.8, 4) is 0 Å². The smallest absolute Gasteiger partial charge is 0.309 e. The van der Waals surface area contributed by atoms with Crippen molar-refractivity contribution >= 4 is 5.97 Å². The average molecular weight is 270 g/mol. The molecule has 19 heavy (non-hydrogen) atoms. The fourth-order valence-corrected chi connectivity index (χ4v) is 2.71. The molecule has 0 aromatic heterocycles. The molecule has 1 fully saturated rings. The minimum absolute atomic E-state index is 0.0416. The van der Waals surface area contributed by atoms with Crippen molar-refractivity contribution in [1.82, 2.24) is 10.2 Å². The maximum absolute atomic E-state index is 11.7. The lowest BCUT2D eigenvalue weighted by molar-refractivity contribution is -0.148. The van der Waals surface area contributed by atoms with Crippen molar-refractivity contribution in [1.29, 1.82) is 0 Å². The number of hydrogen-bond acceptors (Lipinski definition) is 4. The zero-order valence-corrected chi connectivity index (χ0v) is 12.9. The predicted molar refractivity (Wildman–Crippen MR) is 78.1 cm³/mol. The highest BCUT2D eigenvalue weighted by molar-refractivity contribution is 5.72. The monoisotopic (exact) mass is 270 g/mol. The summed E-state index contributed by atoms with van der Waals surface area (Å²) in [6.07, 6.45) is 2.52. The Bertz CT molecular complexity index is 263. The standard InChI is InChI=1S/C15H30N2O2/c1-5-19-15(18)13(4)10-17(9-12(2)3)11-14-7-6-8-16-14/h12-14,16H,5-11H2,1-4H3. The van der Waals surface area contributed by atoms with Crippen molar-refractivity contribution in [2.24, 2.45) is 11.8 Å². The summed E-state index contributed by atoms with van der Waals surface area (Å²) in [5, 5.41) is 3.53. The highest BCUT2D eigenvalue weighted by atomic mass is 16.5. The van der Waals surface area contributed by atoms with Gasteiger partial charge in [0.25, 0.3) is 0 Å². The fourth-order valence-electron chi connectivity index (χ4n) is 2.71. The van der Waals surface area contributed by atoms with Crippen LogP contribution < -0.4 is 5.32 Å². The van der Waals surface area contributed by atoms with Gasteiger partial charge in [0.1, 0.15) is 0 Å². The van der Waals surface area contributed by atoms with Crippen molar-refractivity contribution in [3.05, 3.63) is 0 Å². The van der Waals surface area contributed by atoms with E-state index in [0.29, 0.717) is 18.6 Å². The number of carbonyl (C=O) groups is 1. The van der Waals surface area contributed by atoms with E-state index in [1.54, 1.807) is 0 Å². The third-order valence-electron chi connectivity index (χ3n) is 3.49. The Balaban J connectivity index is 2.45. The topological polar surface area (TPSA) is 41.6 Å². The zero-order valence-electron chi connectivity index (χ0n) is 12.9. The molecule has 0 spiro atoms. The Morgan fingerprint density at radius 2 is 2.11 bits per heavy atom. The van der Waals surface area contributed by atoms with Gasteiger partial charge in [-0.15, -0.1) is 0 Å². The van der Waals surface area contributed by atoms with Gasteiger partial charge in [0.15, 0.2) is 0 Å². The Morgan fingerprint density at radius 1 is 1.37 bits per heavy atom. The van der Waals surface area contributed by atoms with Gasteiger partial charge >= 0.3 is 5.97 Å². The number of ether oxygens (including phenoxy) is 1. The van der Waals surface area contributed by atoms with E-state index in [2.05, 4.69) is 24.1 Å². The summed E-state index contributed by atoms with van der Waals surface area (Å²) in [6.45, 7) is 12.8. The molecule has 1 N–H and O–H groups in total. The molecular weight excluding hydrogens is 240 g/mol. The molecule has 0 aromatic rings. The zero-order chi connectivity index (χ0) is 14.3. The van der Waals surface area contributed by atoms with Gasteiger partial charge < -0.3 is 15.0 Å². The van der Waals surface area contributed by atoms with E-state index >= 15 is 0 Å². The quantitative estimate of drug-likeness (QED) is 0.684. The maximum atomic E-state index is 11.7. The lowest BCUT2D eigenvalue weighted by Gasteiger charge is -2.29. The Hall–Kier alpha value is -0.610. The van der Waals surface area contributed by atoms with Crippen LogP contribution in [0.3, 0.4) is 0 Å². The molecule has 112 valence electrons. The average Bonchev–Trinajstić information content (AvgIpc) is 2.81. The van der Waals surface area contributed by atoms with Crippen LogP contribution in [0.1, 0.15) is 40.5 Å². The molecule has 0 amide bonds. The van der Waals surface area contributed by atoms with E-state index in [-0.39, 0.29) is 11.9 Å². The number of esters is 1. The molecule has 4 nitrogen and oxygen atoms in total. The first-order chi connectivity index (χ1) is 9.02. The molecule has 0 saturated carbocycles. The van der Waals surface area contributed by atoms with Crippen LogP contribution in [0, 0.1) is 11.8 Å². The fraction of sp³-hybridized carbons (Fsp3) is 0.933. The predicted octanol–water partition coefficient (Wildman–Crippen LogP) is 1.90. The molecule has 4 heteroatoms. The van der Waals surface area contributed by atoms with Crippen LogP contribution in [0.5, 0.6) is 0 Å². The molecule has 0 bridgehead atoms. The number of nitrogens with one attached hydrogen (secondary N) is 1. The molecule has 1 rings (SSSR count). The molecule has 0 aliphatic carbocycles. The highest BCUT2D eigenvalue weighted by Gasteiger charge is 2.22. The second-order valence-electron chi connectivity index (χ2n) is 6.06. The van der Waals surface area contributed by atoms with Crippen LogP contribution in [0.2, 0.25) is 0 Å². The Morgan fingerprint density at radius 3 is 2.63 bits per heavy atom. The van der Waals surface area contributed by atoms with Gasteiger partial charge in [0, 0.05) is 25.7 Å². The Kier molecular flexibility index (Phi) is 7.39. The third-order valence-corrected chi connectivity index (χ3v) is 3.49. The largest absolute Gasteiger partial charge is 0.466 e. The Labute approximate surface area is 117 Å². The summed E-state index contributed by atoms with van der Waals surface area (Å²) in [4.78, 5) is 14.1. The molecule has 1 heterocycles. The molecule has 2 unspecified atom stereocenters. The second-order valence-corrected chi connectivity index (χ2v) is 6.06. The van der Waals surface area contributed by atoms with Gasteiger partial charge in [-0.1, -0.05) is 20.8 Å². The van der Waals surface area contributed by atoms with Crippen molar-refractivity contribution in [3.63, 3.8) is 0 Å². The van der Waals surface area contributed by atoms with Crippen molar-refractivity contribution in [2.45, 2.75) is 46.6 Å². The van der Waals surface area contributed by atoms with Crippen LogP contribution in [0.4, 0.5) is 0 Å². The van der Waals surface area contributed by atoms with Gasteiger partial charge in [0.2, 0.25) is 0 Å². The van der Waals surface area contributed by atoms with Crippen LogP contribution in [-0.2, 0) is 9.53 Å². The lowest BCUT2D eigenvalue weighted by atomic mass is 10.1. The van der Waals surface area contributed by atoms with Crippen LogP contribution >= 0.6 is 0 Å². The molecule has 1 aliphatic heterocycles. The minimum Gasteiger partial charge on any atom is -0.466 e. The number of nitrogens with zero attached hydrogens (tertiary/aromatic N) is 1. The molecular formula is C15H30N2O2. The van der Waals surface area contributed by atoms with Crippen LogP contribution in [-0.4, -0.2) is 49.7 Å². The summed E-state index contributed by atoms with van der Waals surface area (Å²) < 4.78 is 5.10. The number of rotatable bonds is 8. The number of hydrogen-bond donors (Lipinski definition) is 1. The summed E-state index contributed by atoms with van der Waals surface area (Å²) in [6, 6.07) is 0.591. The first-order valence-corrected chi connectivity index (χ1v) is 7.65. The van der Waals surface area contributed by atoms with Crippen LogP contribution in [0.15, 0.2) is 0 Å². The van der Waals surface area contributed by atoms with Gasteiger partial charge in [0.05, 0.1) is 12.5 Å². The molecule has 2 atom stereocenters. The lowest BCUT2D eigenvalue weighted by Crippen LogP contribution is -2.42. The van der Waals surface area contributed by atoms with Crippen molar-refractivity contribution in [2.75, 3.05) is 32.8 Å². The highest BCUT2D eigenvalue weighted by Crippen LogP contribution is 2.11. The summed E-state index contributed by atoms with van der Waals surface area (Å²) in [5.74, 6) is 0.506. The van der Waals surface area contributed by atoms with E-state index in [0.717, 1.165) is 26.2 Å². The molecule has 1 saturated heterocycles. The van der Waals surface area contributed by atoms with E-state index in [4.69, 9.17) is 4.74 Å². The summed E-state index contributed by atoms with van der Waals surface area (Å²) >= 11 is 0. The van der Waals surface area contributed by atoms with Crippen molar-refractivity contribution < 1.29 is 9.53 Å². The second kappa shape index (κ2) is 8.54. The van der Waals surface area contributed by atoms with Crippen LogP contribution in [0.25, 0.3) is 0 Å². The van der Waals surface area contributed by atoms with E-state index in [9.17, 15) is 4.79 Å². The normalized spacial score (nSPS) is 21.1. The molecule has 0 radical (unpaired) electrons. The van der Waals surface area contributed by atoms with Gasteiger partial charge in [-0.2, -0.15) is 0 Å². The van der Waals surface area contributed by atoms with Gasteiger partial charge in [-0.25, -0.2) is 0 Å². The third kappa shape index (κ3) is 6.39. The number of carbonyl (C=O) groups excluding carboxylic acids is 1. The summed E-state index contributed by atoms with van der Waals surface area (Å²) in [7, 11) is 0. The minimum atomic E-state index is -0.0735. The van der Waals surface area contributed by atoms with E-state index < -0.39 is 0 Å². The van der Waals surface area contributed by atoms with E-state index in [1.807, 2.05) is 13.8 Å². The van der Waals surface area contributed by atoms with Gasteiger partial charge in [-0.05, 0) is 32.2 Å². The first-order valence-electron chi connectivity index (χ1n) is 7.65. The summed E-state index contributed by atoms with van der Waals surface area (Å²) in [5.41, 5.74) is 0. The first kappa shape index (κ1) is 16.4. The molecule has 0 aromatic carbocycles. The maximum Gasteiger partial charge on any atom is 0.309 e. The van der Waals surface area contributed by atoms with E-state index in [1.165, 1.54) is 12.8 Å². The van der Waals surface area contributed by atoms with Gasteiger partial charge in [-0.3, -0.25) is 4.79 Å². The SMILES string of the molecule is CCOC(=O)C(C)CN(CC(C)C)CC1CCCN1.